The normalized spacial score (nSPS) is 13.2. The Morgan fingerprint density at radius 3 is 2.43 bits per heavy atom. The van der Waals surface area contributed by atoms with Crippen LogP contribution < -0.4 is 10.1 Å². The van der Waals surface area contributed by atoms with Crippen LogP contribution in [0.3, 0.4) is 0 Å². The highest BCUT2D eigenvalue weighted by Gasteiger charge is 2.15. The topological polar surface area (TPSA) is 38.3 Å². The van der Waals surface area contributed by atoms with Crippen LogP contribution in [0.4, 0.5) is 0 Å². The molecule has 1 amide bonds. The van der Waals surface area contributed by atoms with Gasteiger partial charge in [-0.3, -0.25) is 4.79 Å². The van der Waals surface area contributed by atoms with Crippen LogP contribution in [0.1, 0.15) is 36.3 Å². The maximum absolute atomic E-state index is 12.2. The molecule has 0 aliphatic heterocycles. The number of benzene rings is 2. The lowest BCUT2D eigenvalue weighted by molar-refractivity contribution is -0.119. The summed E-state index contributed by atoms with van der Waals surface area (Å²) in [7, 11) is 1.64. The van der Waals surface area contributed by atoms with Crippen LogP contribution in [-0.4, -0.2) is 18.8 Å². The largest absolute Gasteiger partial charge is 0.496 e. The molecule has 3 nitrogen and oxygen atoms in total. The van der Waals surface area contributed by atoms with Crippen molar-refractivity contribution < 1.29 is 9.53 Å². The van der Waals surface area contributed by atoms with Gasteiger partial charge in [-0.1, -0.05) is 48.5 Å². The zero-order chi connectivity index (χ0) is 16.7. The number of para-hydroxylation sites is 1. The summed E-state index contributed by atoms with van der Waals surface area (Å²) in [5.41, 5.74) is 2.23. The van der Waals surface area contributed by atoms with Crippen molar-refractivity contribution in [3.8, 4) is 5.75 Å². The maximum Gasteiger partial charge on any atom is 0.230 e. The monoisotopic (exact) mass is 329 g/mol. The van der Waals surface area contributed by atoms with Crippen molar-refractivity contribution in [3.05, 3.63) is 65.7 Å². The fraction of sp³-hybridized carbons (Fsp3) is 0.316. The van der Waals surface area contributed by atoms with Crippen molar-refractivity contribution in [2.24, 2.45) is 0 Å². The number of amides is 1. The van der Waals surface area contributed by atoms with Crippen molar-refractivity contribution in [3.63, 3.8) is 0 Å². The molecule has 0 heterocycles. The van der Waals surface area contributed by atoms with Crippen LogP contribution >= 0.6 is 11.8 Å². The molecule has 0 aliphatic rings. The maximum atomic E-state index is 12.2. The SMILES string of the molecule is COc1ccccc1[C@@H](C)NC(=O)CS[C@@H](C)c1ccccc1. The van der Waals surface area contributed by atoms with E-state index >= 15 is 0 Å². The first-order valence-electron chi connectivity index (χ1n) is 7.70. The number of thioether (sulfide) groups is 1. The Kier molecular flexibility index (Phi) is 6.53. The summed E-state index contributed by atoms with van der Waals surface area (Å²) < 4.78 is 5.35. The smallest absolute Gasteiger partial charge is 0.230 e. The Morgan fingerprint density at radius 1 is 1.09 bits per heavy atom. The third kappa shape index (κ3) is 5.03. The van der Waals surface area contributed by atoms with Gasteiger partial charge < -0.3 is 10.1 Å². The molecule has 0 unspecified atom stereocenters. The van der Waals surface area contributed by atoms with Crippen LogP contribution in [0.5, 0.6) is 5.75 Å². The zero-order valence-electron chi connectivity index (χ0n) is 13.8. The van der Waals surface area contributed by atoms with E-state index in [1.807, 2.05) is 49.4 Å². The highest BCUT2D eigenvalue weighted by molar-refractivity contribution is 8.00. The third-order valence-electron chi connectivity index (χ3n) is 3.72. The van der Waals surface area contributed by atoms with Gasteiger partial charge >= 0.3 is 0 Å². The van der Waals surface area contributed by atoms with Crippen LogP contribution in [0.15, 0.2) is 54.6 Å². The predicted molar refractivity (Wildman–Crippen MR) is 96.9 cm³/mol. The van der Waals surface area contributed by atoms with Gasteiger partial charge in [0, 0.05) is 10.8 Å². The molecule has 23 heavy (non-hydrogen) atoms. The highest BCUT2D eigenvalue weighted by Crippen LogP contribution is 2.28. The number of methoxy groups -OCH3 is 1. The molecule has 0 radical (unpaired) electrons. The van der Waals surface area contributed by atoms with Crippen LogP contribution in [0.25, 0.3) is 0 Å². The quantitative estimate of drug-likeness (QED) is 0.820. The van der Waals surface area contributed by atoms with Crippen LogP contribution in [0, 0.1) is 0 Å². The van der Waals surface area contributed by atoms with E-state index in [1.54, 1.807) is 18.9 Å². The molecule has 0 saturated heterocycles. The Bertz CT molecular complexity index is 630. The average Bonchev–Trinajstić information content (AvgIpc) is 2.60. The predicted octanol–water partition coefficient (Wildman–Crippen LogP) is 4.37. The summed E-state index contributed by atoms with van der Waals surface area (Å²) in [5.74, 6) is 1.28. The van der Waals surface area contributed by atoms with E-state index in [1.165, 1.54) is 5.56 Å². The number of carbonyl (C=O) groups excluding carboxylic acids is 1. The number of hydrogen-bond donors (Lipinski definition) is 1. The minimum absolute atomic E-state index is 0.0381. The highest BCUT2D eigenvalue weighted by atomic mass is 32.2. The molecule has 0 fully saturated rings. The lowest BCUT2D eigenvalue weighted by Gasteiger charge is -2.18. The van der Waals surface area contributed by atoms with Gasteiger partial charge in [-0.15, -0.1) is 11.8 Å². The lowest BCUT2D eigenvalue weighted by atomic mass is 10.1. The summed E-state index contributed by atoms with van der Waals surface area (Å²) in [6, 6.07) is 17.9. The van der Waals surface area contributed by atoms with Crippen molar-refractivity contribution in [1.82, 2.24) is 5.32 Å². The second-order valence-corrected chi connectivity index (χ2v) is 6.72. The van der Waals surface area contributed by atoms with Gasteiger partial charge in [0.2, 0.25) is 5.91 Å². The first kappa shape index (κ1) is 17.4. The molecular weight excluding hydrogens is 306 g/mol. The fourth-order valence-corrected chi connectivity index (χ4v) is 3.24. The summed E-state index contributed by atoms with van der Waals surface area (Å²) in [5, 5.41) is 3.33. The molecule has 2 aromatic rings. The molecule has 2 aromatic carbocycles. The molecular formula is C19H23NO2S. The molecule has 4 heteroatoms. The summed E-state index contributed by atoms with van der Waals surface area (Å²) in [4.78, 5) is 12.2. The van der Waals surface area contributed by atoms with E-state index in [0.717, 1.165) is 11.3 Å². The van der Waals surface area contributed by atoms with E-state index in [4.69, 9.17) is 4.74 Å². The zero-order valence-corrected chi connectivity index (χ0v) is 14.6. The minimum atomic E-state index is -0.0775. The molecule has 2 rings (SSSR count). The summed E-state index contributed by atoms with van der Waals surface area (Å²) in [6.07, 6.45) is 0. The van der Waals surface area contributed by atoms with Gasteiger partial charge in [-0.25, -0.2) is 0 Å². The second-order valence-electron chi connectivity index (χ2n) is 5.40. The van der Waals surface area contributed by atoms with Crippen molar-refractivity contribution in [1.29, 1.82) is 0 Å². The van der Waals surface area contributed by atoms with Gasteiger partial charge in [0.15, 0.2) is 0 Å². The number of rotatable bonds is 7. The van der Waals surface area contributed by atoms with E-state index in [2.05, 4.69) is 24.4 Å². The number of hydrogen-bond acceptors (Lipinski definition) is 3. The van der Waals surface area contributed by atoms with Crippen molar-refractivity contribution >= 4 is 17.7 Å². The molecule has 0 bridgehead atoms. The van der Waals surface area contributed by atoms with Gasteiger partial charge in [0.05, 0.1) is 18.9 Å². The molecule has 0 saturated carbocycles. The molecule has 0 spiro atoms. The van der Waals surface area contributed by atoms with Crippen molar-refractivity contribution in [2.45, 2.75) is 25.1 Å². The Labute approximate surface area is 142 Å². The van der Waals surface area contributed by atoms with E-state index in [-0.39, 0.29) is 11.9 Å². The van der Waals surface area contributed by atoms with Gasteiger partial charge in [-0.2, -0.15) is 0 Å². The summed E-state index contributed by atoms with van der Waals surface area (Å²) in [6.45, 7) is 4.10. The second kappa shape index (κ2) is 8.63. The third-order valence-corrected chi connectivity index (χ3v) is 4.92. The number of carbonyl (C=O) groups is 1. The average molecular weight is 329 g/mol. The number of ether oxygens (including phenoxy) is 1. The van der Waals surface area contributed by atoms with Crippen LogP contribution in [0.2, 0.25) is 0 Å². The van der Waals surface area contributed by atoms with E-state index in [9.17, 15) is 4.79 Å². The summed E-state index contributed by atoms with van der Waals surface area (Å²) >= 11 is 1.64. The first-order valence-corrected chi connectivity index (χ1v) is 8.75. The van der Waals surface area contributed by atoms with Crippen LogP contribution in [-0.2, 0) is 4.79 Å². The van der Waals surface area contributed by atoms with Gasteiger partial charge in [0.25, 0.3) is 0 Å². The minimum Gasteiger partial charge on any atom is -0.496 e. The van der Waals surface area contributed by atoms with Crippen molar-refractivity contribution in [2.75, 3.05) is 12.9 Å². The molecule has 122 valence electrons. The lowest BCUT2D eigenvalue weighted by Crippen LogP contribution is -2.28. The fourth-order valence-electron chi connectivity index (χ4n) is 2.41. The van der Waals surface area contributed by atoms with E-state index in [0.29, 0.717) is 11.0 Å². The Morgan fingerprint density at radius 2 is 1.74 bits per heavy atom. The molecule has 0 aliphatic carbocycles. The standard InChI is InChI=1S/C19H23NO2S/c1-14(17-11-7-8-12-18(17)22-3)20-19(21)13-23-15(2)16-9-5-4-6-10-16/h4-12,14-15H,13H2,1-3H3,(H,20,21)/t14-,15+/m1/s1. The molecule has 1 N–H and O–H groups in total. The Balaban J connectivity index is 1.87. The Hall–Kier alpha value is -1.94. The van der Waals surface area contributed by atoms with Gasteiger partial charge in [-0.05, 0) is 25.5 Å². The van der Waals surface area contributed by atoms with E-state index < -0.39 is 0 Å². The first-order chi connectivity index (χ1) is 11.1. The molecule has 0 aromatic heterocycles. The van der Waals surface area contributed by atoms with Gasteiger partial charge in [0.1, 0.15) is 5.75 Å². The number of nitrogens with one attached hydrogen (secondary N) is 1. The molecule has 2 atom stereocenters.